The van der Waals surface area contributed by atoms with E-state index in [9.17, 15) is 5.11 Å². The van der Waals surface area contributed by atoms with Gasteiger partial charge in [0.15, 0.2) is 11.5 Å². The molecule has 4 nitrogen and oxygen atoms in total. The number of hydrogen-bond acceptors (Lipinski definition) is 5. The van der Waals surface area contributed by atoms with Gasteiger partial charge in [-0.2, -0.15) is 0 Å². The average Bonchev–Trinajstić information content (AvgIpc) is 3.01. The third-order valence-corrected chi connectivity index (χ3v) is 4.31. The fraction of sp³-hybridized carbons (Fsp3) is 0.353. The Bertz CT molecular complexity index is 609. The second-order valence-electron chi connectivity index (χ2n) is 5.12. The molecule has 0 saturated carbocycles. The maximum Gasteiger partial charge on any atom is 0.166 e. The van der Waals surface area contributed by atoms with Gasteiger partial charge in [0.05, 0.1) is 19.2 Å². The van der Waals surface area contributed by atoms with Crippen molar-refractivity contribution in [3.05, 3.63) is 46.2 Å². The van der Waals surface area contributed by atoms with Crippen LogP contribution in [-0.4, -0.2) is 43.5 Å². The maximum absolute atomic E-state index is 10.2. The Morgan fingerprint density at radius 2 is 2.14 bits per heavy atom. The molecular formula is C17H22N2O2S. The first kappa shape index (κ1) is 16.5. The van der Waals surface area contributed by atoms with Crippen LogP contribution in [0.1, 0.15) is 23.4 Å². The van der Waals surface area contributed by atoms with Crippen LogP contribution in [-0.2, 0) is 0 Å². The summed E-state index contributed by atoms with van der Waals surface area (Å²) >= 11 is 1.73. The summed E-state index contributed by atoms with van der Waals surface area (Å²) in [7, 11) is 4.10. The first-order valence-electron chi connectivity index (χ1n) is 7.28. The highest BCUT2D eigenvalue weighted by atomic mass is 32.1. The van der Waals surface area contributed by atoms with Gasteiger partial charge in [-0.1, -0.05) is 12.1 Å². The Hall–Kier alpha value is -1.85. The van der Waals surface area contributed by atoms with Gasteiger partial charge in [0.25, 0.3) is 0 Å². The fourth-order valence-electron chi connectivity index (χ4n) is 2.15. The molecule has 1 N–H and O–H groups in total. The summed E-state index contributed by atoms with van der Waals surface area (Å²) in [5.41, 5.74) is 0.676. The number of phenols is 1. The Morgan fingerprint density at radius 3 is 2.77 bits per heavy atom. The fourth-order valence-corrected chi connectivity index (χ4v) is 3.07. The van der Waals surface area contributed by atoms with Crippen molar-refractivity contribution in [2.75, 3.05) is 27.2 Å². The molecule has 5 heteroatoms. The summed E-state index contributed by atoms with van der Waals surface area (Å²) in [6, 6.07) is 9.86. The third kappa shape index (κ3) is 4.08. The summed E-state index contributed by atoms with van der Waals surface area (Å²) in [6.07, 6.45) is 1.71. The van der Waals surface area contributed by atoms with E-state index in [0.29, 0.717) is 24.5 Å². The van der Waals surface area contributed by atoms with Crippen LogP contribution in [0, 0.1) is 0 Å². The van der Waals surface area contributed by atoms with Crippen molar-refractivity contribution in [1.82, 2.24) is 4.90 Å². The number of aromatic hydroxyl groups is 1. The molecule has 0 bridgehead atoms. The lowest BCUT2D eigenvalue weighted by atomic mass is 10.2. The van der Waals surface area contributed by atoms with Crippen LogP contribution in [0.15, 0.2) is 40.7 Å². The van der Waals surface area contributed by atoms with Crippen LogP contribution in [0.2, 0.25) is 0 Å². The van der Waals surface area contributed by atoms with Gasteiger partial charge in [0.2, 0.25) is 0 Å². The SMILES string of the molecule is CCOc1cccc(C=NC[C@H](c2cccs2)N(C)C)c1O. The number of thiophene rings is 1. The molecule has 0 amide bonds. The molecule has 1 aromatic carbocycles. The predicted octanol–water partition coefficient (Wildman–Crippen LogP) is 3.57. The van der Waals surface area contributed by atoms with Gasteiger partial charge < -0.3 is 14.7 Å². The van der Waals surface area contributed by atoms with Gasteiger partial charge in [-0.3, -0.25) is 4.99 Å². The predicted molar refractivity (Wildman–Crippen MR) is 92.5 cm³/mol. The summed E-state index contributed by atoms with van der Waals surface area (Å²) in [4.78, 5) is 7.94. The molecular weight excluding hydrogens is 296 g/mol. The van der Waals surface area contributed by atoms with E-state index in [1.54, 1.807) is 23.6 Å². The number of likely N-dealkylation sites (N-methyl/N-ethyl adjacent to an activating group) is 1. The van der Waals surface area contributed by atoms with E-state index in [-0.39, 0.29) is 11.8 Å². The molecule has 0 aliphatic heterocycles. The zero-order chi connectivity index (χ0) is 15.9. The van der Waals surface area contributed by atoms with Gasteiger partial charge in [-0.15, -0.1) is 11.3 Å². The molecule has 2 aromatic rings. The highest BCUT2D eigenvalue weighted by Crippen LogP contribution is 2.29. The minimum atomic E-state index is 0.144. The van der Waals surface area contributed by atoms with Crippen molar-refractivity contribution in [1.29, 1.82) is 0 Å². The lowest BCUT2D eigenvalue weighted by Gasteiger charge is -2.21. The standard InChI is InChI=1S/C17H22N2O2S/c1-4-21-15-8-5-7-13(17(15)20)11-18-12-14(19(2)3)16-9-6-10-22-16/h5-11,14,20H,4,12H2,1-3H3/t14-/m1/s1. The molecule has 0 spiro atoms. The van der Waals surface area contributed by atoms with Crippen molar-refractivity contribution in [3.8, 4) is 11.5 Å². The van der Waals surface area contributed by atoms with E-state index in [2.05, 4.69) is 27.4 Å². The van der Waals surface area contributed by atoms with Gasteiger partial charge >= 0.3 is 0 Å². The van der Waals surface area contributed by atoms with Gasteiger partial charge in [0, 0.05) is 16.7 Å². The van der Waals surface area contributed by atoms with Crippen molar-refractivity contribution < 1.29 is 9.84 Å². The van der Waals surface area contributed by atoms with E-state index in [1.165, 1.54) is 4.88 Å². The second kappa shape index (κ2) is 7.96. The molecule has 0 fully saturated rings. The molecule has 0 saturated heterocycles. The van der Waals surface area contributed by atoms with Crippen molar-refractivity contribution in [2.45, 2.75) is 13.0 Å². The number of rotatable bonds is 7. The Kier molecular flexibility index (Phi) is 5.98. The number of aliphatic imine (C=N–C) groups is 1. The summed E-state index contributed by atoms with van der Waals surface area (Å²) in [5.74, 6) is 0.638. The normalized spacial score (nSPS) is 12.9. The Labute approximate surface area is 135 Å². The number of hydrogen-bond donors (Lipinski definition) is 1. The number of benzene rings is 1. The third-order valence-electron chi connectivity index (χ3n) is 3.33. The van der Waals surface area contributed by atoms with Crippen LogP contribution < -0.4 is 4.74 Å². The van der Waals surface area contributed by atoms with Crippen molar-refractivity contribution >= 4 is 17.6 Å². The van der Waals surface area contributed by atoms with Crippen LogP contribution in [0.5, 0.6) is 11.5 Å². The zero-order valence-corrected chi connectivity index (χ0v) is 14.0. The molecule has 1 aromatic heterocycles. The Balaban J connectivity index is 2.10. The second-order valence-corrected chi connectivity index (χ2v) is 6.10. The molecule has 22 heavy (non-hydrogen) atoms. The molecule has 0 aliphatic rings. The minimum absolute atomic E-state index is 0.144. The molecule has 0 aliphatic carbocycles. The van der Waals surface area contributed by atoms with Gasteiger partial charge in [-0.05, 0) is 44.6 Å². The lowest BCUT2D eigenvalue weighted by Crippen LogP contribution is -2.21. The first-order chi connectivity index (χ1) is 10.6. The maximum atomic E-state index is 10.2. The van der Waals surface area contributed by atoms with E-state index < -0.39 is 0 Å². The number of para-hydroxylation sites is 1. The molecule has 2 rings (SSSR count). The molecule has 0 unspecified atom stereocenters. The molecule has 0 radical (unpaired) electrons. The van der Waals surface area contributed by atoms with Crippen LogP contribution in [0.3, 0.4) is 0 Å². The van der Waals surface area contributed by atoms with Crippen LogP contribution in [0.25, 0.3) is 0 Å². The highest BCUT2D eigenvalue weighted by molar-refractivity contribution is 7.10. The number of nitrogens with zero attached hydrogens (tertiary/aromatic N) is 2. The van der Waals surface area contributed by atoms with E-state index in [1.807, 2.05) is 33.2 Å². The zero-order valence-electron chi connectivity index (χ0n) is 13.2. The van der Waals surface area contributed by atoms with E-state index in [0.717, 1.165) is 0 Å². The van der Waals surface area contributed by atoms with Crippen molar-refractivity contribution in [2.24, 2.45) is 4.99 Å². The summed E-state index contributed by atoms with van der Waals surface area (Å²) in [5, 5.41) is 12.2. The summed E-state index contributed by atoms with van der Waals surface area (Å²) in [6.45, 7) is 3.06. The van der Waals surface area contributed by atoms with E-state index >= 15 is 0 Å². The number of ether oxygens (including phenoxy) is 1. The smallest absolute Gasteiger partial charge is 0.166 e. The lowest BCUT2D eigenvalue weighted by molar-refractivity contribution is 0.311. The minimum Gasteiger partial charge on any atom is -0.504 e. The molecule has 1 heterocycles. The number of phenolic OH excluding ortho intramolecular Hbond substituents is 1. The highest BCUT2D eigenvalue weighted by Gasteiger charge is 2.14. The van der Waals surface area contributed by atoms with E-state index in [4.69, 9.17) is 4.74 Å². The largest absolute Gasteiger partial charge is 0.504 e. The summed E-state index contributed by atoms with van der Waals surface area (Å²) < 4.78 is 5.38. The first-order valence-corrected chi connectivity index (χ1v) is 8.16. The van der Waals surface area contributed by atoms with Crippen LogP contribution in [0.4, 0.5) is 0 Å². The monoisotopic (exact) mass is 318 g/mol. The topological polar surface area (TPSA) is 45.1 Å². The molecule has 118 valence electrons. The van der Waals surface area contributed by atoms with Crippen molar-refractivity contribution in [3.63, 3.8) is 0 Å². The molecule has 1 atom stereocenters. The van der Waals surface area contributed by atoms with Gasteiger partial charge in [-0.25, -0.2) is 0 Å². The van der Waals surface area contributed by atoms with Crippen LogP contribution >= 0.6 is 11.3 Å². The Morgan fingerprint density at radius 1 is 1.32 bits per heavy atom. The quantitative estimate of drug-likeness (QED) is 0.794. The van der Waals surface area contributed by atoms with Gasteiger partial charge in [0.1, 0.15) is 0 Å². The average molecular weight is 318 g/mol.